The van der Waals surface area contributed by atoms with Crippen LogP contribution in [-0.2, 0) is 17.6 Å². The van der Waals surface area contributed by atoms with Crippen molar-refractivity contribution in [2.45, 2.75) is 26.2 Å². The zero-order chi connectivity index (χ0) is 18.8. The first-order valence-electron chi connectivity index (χ1n) is 9.01. The molecule has 3 aromatic rings. The maximum atomic E-state index is 12.7. The Bertz CT molecular complexity index is 963. The van der Waals surface area contributed by atoms with Gasteiger partial charge >= 0.3 is 0 Å². The van der Waals surface area contributed by atoms with Gasteiger partial charge in [0.15, 0.2) is 0 Å². The minimum Gasteiger partial charge on any atom is -0.497 e. The van der Waals surface area contributed by atoms with E-state index in [1.165, 1.54) is 0 Å². The van der Waals surface area contributed by atoms with E-state index in [1.807, 2.05) is 41.3 Å². The number of ether oxygens (including phenoxy) is 1. The van der Waals surface area contributed by atoms with Crippen molar-refractivity contribution >= 4 is 11.6 Å². The van der Waals surface area contributed by atoms with E-state index in [2.05, 4.69) is 16.2 Å². The summed E-state index contributed by atoms with van der Waals surface area (Å²) < 4.78 is 10.2. The highest BCUT2D eigenvalue weighted by Gasteiger charge is 2.25. The van der Waals surface area contributed by atoms with Gasteiger partial charge in [0.1, 0.15) is 5.75 Å². The molecule has 0 unspecified atom stereocenters. The maximum Gasteiger partial charge on any atom is 0.227 e. The van der Waals surface area contributed by atoms with Crippen LogP contribution in [0.4, 0.5) is 5.69 Å². The van der Waals surface area contributed by atoms with Crippen LogP contribution in [-0.4, -0.2) is 29.7 Å². The van der Waals surface area contributed by atoms with Crippen molar-refractivity contribution in [2.75, 3.05) is 18.6 Å². The number of aromatic nitrogens is 2. The molecule has 0 radical (unpaired) electrons. The van der Waals surface area contributed by atoms with E-state index in [0.29, 0.717) is 24.7 Å². The first-order valence-corrected chi connectivity index (χ1v) is 9.01. The first-order chi connectivity index (χ1) is 13.1. The Balaban J connectivity index is 1.44. The zero-order valence-electron chi connectivity index (χ0n) is 15.4. The average molecular weight is 363 g/mol. The largest absolute Gasteiger partial charge is 0.497 e. The third-order valence-electron chi connectivity index (χ3n) is 4.85. The highest BCUT2D eigenvalue weighted by molar-refractivity contribution is 5.96. The maximum absolute atomic E-state index is 12.7. The van der Waals surface area contributed by atoms with Gasteiger partial charge in [-0.1, -0.05) is 17.3 Å². The molecule has 138 valence electrons. The molecule has 1 aliphatic rings. The number of hydrogen-bond acceptors (Lipinski definition) is 5. The quantitative estimate of drug-likeness (QED) is 0.693. The monoisotopic (exact) mass is 363 g/mol. The van der Waals surface area contributed by atoms with Gasteiger partial charge in [-0.2, -0.15) is 4.98 Å². The predicted molar refractivity (Wildman–Crippen MR) is 102 cm³/mol. The number of nitrogens with zero attached hydrogens (tertiary/aromatic N) is 3. The van der Waals surface area contributed by atoms with Crippen LogP contribution in [0.1, 0.15) is 23.4 Å². The second-order valence-electron chi connectivity index (χ2n) is 6.62. The second-order valence-corrected chi connectivity index (χ2v) is 6.62. The van der Waals surface area contributed by atoms with Gasteiger partial charge in [-0.3, -0.25) is 4.79 Å². The summed E-state index contributed by atoms with van der Waals surface area (Å²) in [6, 6.07) is 13.8. The standard InChI is InChI=1S/C21H21N3O3/c1-14-22-21(23-27-14)17-6-9-19-16(13-17)11-12-24(19)20(25)10-5-15-3-7-18(26-2)8-4-15/h3-4,6-9,13H,5,10-12H2,1-2H3. The van der Waals surface area contributed by atoms with Crippen LogP contribution in [0.25, 0.3) is 11.4 Å². The molecule has 0 fully saturated rings. The molecule has 1 aromatic heterocycles. The summed E-state index contributed by atoms with van der Waals surface area (Å²) in [7, 11) is 1.65. The molecule has 1 aliphatic heterocycles. The number of carbonyl (C=O) groups excluding carboxylic acids is 1. The molecule has 0 spiro atoms. The van der Waals surface area contributed by atoms with E-state index < -0.39 is 0 Å². The number of carbonyl (C=O) groups is 1. The number of rotatable bonds is 5. The fraction of sp³-hybridized carbons (Fsp3) is 0.286. The summed E-state index contributed by atoms with van der Waals surface area (Å²) in [6.07, 6.45) is 2.04. The van der Waals surface area contributed by atoms with E-state index in [0.717, 1.165) is 41.0 Å². The Kier molecular flexibility index (Phi) is 4.62. The van der Waals surface area contributed by atoms with Crippen LogP contribution in [0.5, 0.6) is 5.75 Å². The van der Waals surface area contributed by atoms with Gasteiger partial charge in [0.2, 0.25) is 17.6 Å². The van der Waals surface area contributed by atoms with E-state index in [1.54, 1.807) is 14.0 Å². The van der Waals surface area contributed by atoms with Crippen molar-refractivity contribution in [3.63, 3.8) is 0 Å². The van der Waals surface area contributed by atoms with Crippen molar-refractivity contribution < 1.29 is 14.1 Å². The van der Waals surface area contributed by atoms with E-state index in [9.17, 15) is 4.79 Å². The summed E-state index contributed by atoms with van der Waals surface area (Å²) in [5.41, 5.74) is 4.18. The lowest BCUT2D eigenvalue weighted by molar-refractivity contribution is -0.118. The van der Waals surface area contributed by atoms with Crippen LogP contribution in [0.3, 0.4) is 0 Å². The molecule has 6 heteroatoms. The van der Waals surface area contributed by atoms with Gasteiger partial charge in [-0.15, -0.1) is 0 Å². The summed E-state index contributed by atoms with van der Waals surface area (Å²) >= 11 is 0. The number of anilines is 1. The average Bonchev–Trinajstić information content (AvgIpc) is 3.32. The minimum absolute atomic E-state index is 0.146. The SMILES string of the molecule is COc1ccc(CCC(=O)N2CCc3cc(-c4noc(C)n4)ccc32)cc1. The lowest BCUT2D eigenvalue weighted by atomic mass is 10.1. The fourth-order valence-corrected chi connectivity index (χ4v) is 3.39. The van der Waals surface area contributed by atoms with Gasteiger partial charge in [0, 0.05) is 31.1 Å². The van der Waals surface area contributed by atoms with Crippen molar-refractivity contribution in [2.24, 2.45) is 0 Å². The first kappa shape index (κ1) is 17.3. The molecule has 0 bridgehead atoms. The summed E-state index contributed by atoms with van der Waals surface area (Å²) in [5, 5.41) is 3.97. The van der Waals surface area contributed by atoms with Crippen LogP contribution < -0.4 is 9.64 Å². The molecule has 6 nitrogen and oxygen atoms in total. The van der Waals surface area contributed by atoms with Crippen LogP contribution in [0.15, 0.2) is 47.0 Å². The van der Waals surface area contributed by atoms with Gasteiger partial charge in [-0.05, 0) is 54.3 Å². The lowest BCUT2D eigenvalue weighted by Crippen LogP contribution is -2.29. The second kappa shape index (κ2) is 7.23. The molecule has 0 N–H and O–H groups in total. The summed E-state index contributed by atoms with van der Waals surface area (Å²) in [4.78, 5) is 18.9. The smallest absolute Gasteiger partial charge is 0.227 e. The van der Waals surface area contributed by atoms with Crippen molar-refractivity contribution in [3.05, 3.63) is 59.5 Å². The van der Waals surface area contributed by atoms with Crippen LogP contribution in [0, 0.1) is 6.92 Å². The molecular weight excluding hydrogens is 342 g/mol. The predicted octanol–water partition coefficient (Wildman–Crippen LogP) is 3.58. The lowest BCUT2D eigenvalue weighted by Gasteiger charge is -2.17. The van der Waals surface area contributed by atoms with Gasteiger partial charge in [0.05, 0.1) is 7.11 Å². The number of methoxy groups -OCH3 is 1. The Morgan fingerprint density at radius 1 is 1.22 bits per heavy atom. The van der Waals surface area contributed by atoms with Crippen molar-refractivity contribution in [3.8, 4) is 17.1 Å². The molecule has 27 heavy (non-hydrogen) atoms. The molecule has 0 atom stereocenters. The van der Waals surface area contributed by atoms with Crippen molar-refractivity contribution in [1.29, 1.82) is 0 Å². The number of fused-ring (bicyclic) bond motifs is 1. The van der Waals surface area contributed by atoms with E-state index in [-0.39, 0.29) is 5.91 Å². The third-order valence-corrected chi connectivity index (χ3v) is 4.85. The van der Waals surface area contributed by atoms with Crippen LogP contribution >= 0.6 is 0 Å². The van der Waals surface area contributed by atoms with E-state index >= 15 is 0 Å². The number of amides is 1. The molecule has 1 amide bonds. The minimum atomic E-state index is 0.146. The normalized spacial score (nSPS) is 12.9. The highest BCUT2D eigenvalue weighted by atomic mass is 16.5. The number of benzene rings is 2. The number of aryl methyl sites for hydroxylation is 2. The molecule has 0 saturated heterocycles. The zero-order valence-corrected chi connectivity index (χ0v) is 15.4. The van der Waals surface area contributed by atoms with Crippen LogP contribution in [0.2, 0.25) is 0 Å². The van der Waals surface area contributed by atoms with Gasteiger partial charge < -0.3 is 14.2 Å². The molecule has 2 aromatic carbocycles. The van der Waals surface area contributed by atoms with Gasteiger partial charge in [0.25, 0.3) is 0 Å². The molecule has 2 heterocycles. The molecular formula is C21H21N3O3. The molecule has 0 aliphatic carbocycles. The highest BCUT2D eigenvalue weighted by Crippen LogP contribution is 2.32. The Morgan fingerprint density at radius 3 is 2.74 bits per heavy atom. The topological polar surface area (TPSA) is 68.5 Å². The summed E-state index contributed by atoms with van der Waals surface area (Å²) in [5.74, 6) is 2.10. The van der Waals surface area contributed by atoms with E-state index in [4.69, 9.17) is 9.26 Å². The Morgan fingerprint density at radius 2 is 2.04 bits per heavy atom. The Hall–Kier alpha value is -3.15. The summed E-state index contributed by atoms with van der Waals surface area (Å²) in [6.45, 7) is 2.48. The van der Waals surface area contributed by atoms with Crippen molar-refractivity contribution in [1.82, 2.24) is 10.1 Å². The molecule has 4 rings (SSSR count). The third kappa shape index (κ3) is 3.56. The Labute approximate surface area is 157 Å². The van der Waals surface area contributed by atoms with Gasteiger partial charge in [-0.25, -0.2) is 0 Å². The number of hydrogen-bond donors (Lipinski definition) is 0. The molecule has 0 saturated carbocycles. The fourth-order valence-electron chi connectivity index (χ4n) is 3.39.